The van der Waals surface area contributed by atoms with E-state index in [1.54, 1.807) is 0 Å². The van der Waals surface area contributed by atoms with Gasteiger partial charge in [0.25, 0.3) is 0 Å². The van der Waals surface area contributed by atoms with Crippen molar-refractivity contribution in [3.05, 3.63) is 30.1 Å². The lowest BCUT2D eigenvalue weighted by Crippen LogP contribution is -2.27. The molecule has 0 radical (unpaired) electrons. The maximum Gasteiger partial charge on any atom is 0.0270 e. The molecule has 74 valence electrons. The van der Waals surface area contributed by atoms with E-state index in [0.29, 0.717) is 6.04 Å². The normalized spacial score (nSPS) is 12.0. The summed E-state index contributed by atoms with van der Waals surface area (Å²) in [5.41, 5.74) is 1.30. The molecule has 0 spiro atoms. The van der Waals surface area contributed by atoms with E-state index in [-0.39, 0.29) is 0 Å². The van der Waals surface area contributed by atoms with E-state index in [9.17, 15) is 0 Å². The van der Waals surface area contributed by atoms with Crippen LogP contribution in [0.3, 0.4) is 0 Å². The average molecular weight is 188 g/mol. The summed E-state index contributed by atoms with van der Waals surface area (Å²) >= 11 is 0. The van der Waals surface area contributed by atoms with Crippen molar-refractivity contribution in [3.63, 3.8) is 0 Å². The summed E-state index contributed by atoms with van der Waals surface area (Å²) in [7, 11) is 1.97. The molecule has 0 fully saturated rings. The molecule has 1 unspecified atom stereocenters. The van der Waals surface area contributed by atoms with Crippen molar-refractivity contribution in [2.24, 2.45) is 0 Å². The number of rotatable bonds is 5. The van der Waals surface area contributed by atoms with Crippen LogP contribution in [0.2, 0.25) is 0 Å². The summed E-state index contributed by atoms with van der Waals surface area (Å²) in [5.74, 6) is 2.67. The molecule has 1 heterocycles. The lowest BCUT2D eigenvalue weighted by molar-refractivity contribution is 0.527. The minimum atomic E-state index is 0.466. The van der Waals surface area contributed by atoms with Crippen LogP contribution in [0.25, 0.3) is 0 Å². The van der Waals surface area contributed by atoms with Crippen molar-refractivity contribution in [2.45, 2.75) is 25.3 Å². The lowest BCUT2D eigenvalue weighted by Gasteiger charge is -2.14. The first-order chi connectivity index (χ1) is 6.86. The zero-order valence-electron chi connectivity index (χ0n) is 8.53. The maximum atomic E-state index is 5.24. The monoisotopic (exact) mass is 188 g/mol. The van der Waals surface area contributed by atoms with Crippen molar-refractivity contribution in [1.82, 2.24) is 10.3 Å². The van der Waals surface area contributed by atoms with Crippen LogP contribution in [0.4, 0.5) is 0 Å². The maximum absolute atomic E-state index is 5.24. The van der Waals surface area contributed by atoms with Crippen molar-refractivity contribution in [3.8, 4) is 12.3 Å². The third kappa shape index (κ3) is 3.59. The second-order valence-corrected chi connectivity index (χ2v) is 3.29. The molecule has 1 aromatic heterocycles. The van der Waals surface area contributed by atoms with Crippen molar-refractivity contribution >= 4 is 0 Å². The van der Waals surface area contributed by atoms with Crippen LogP contribution in [-0.4, -0.2) is 18.1 Å². The molecule has 0 aromatic carbocycles. The summed E-state index contributed by atoms with van der Waals surface area (Å²) in [6.45, 7) is 0. The van der Waals surface area contributed by atoms with Crippen LogP contribution in [-0.2, 0) is 6.42 Å². The topological polar surface area (TPSA) is 24.9 Å². The van der Waals surface area contributed by atoms with Gasteiger partial charge in [0.05, 0.1) is 0 Å². The molecule has 2 nitrogen and oxygen atoms in total. The summed E-state index contributed by atoms with van der Waals surface area (Å²) < 4.78 is 0. The number of likely N-dealkylation sites (N-methyl/N-ethyl adjacent to an activating group) is 1. The highest BCUT2D eigenvalue weighted by Gasteiger charge is 2.05. The zero-order valence-corrected chi connectivity index (χ0v) is 8.53. The van der Waals surface area contributed by atoms with Gasteiger partial charge in [0.2, 0.25) is 0 Å². The van der Waals surface area contributed by atoms with Crippen LogP contribution in [0.5, 0.6) is 0 Å². The molecule has 14 heavy (non-hydrogen) atoms. The van der Waals surface area contributed by atoms with Crippen LogP contribution in [0.1, 0.15) is 18.4 Å². The molecule has 2 heteroatoms. The van der Waals surface area contributed by atoms with Gasteiger partial charge in [-0.2, -0.15) is 0 Å². The summed E-state index contributed by atoms with van der Waals surface area (Å²) in [6, 6.07) is 4.55. The van der Waals surface area contributed by atoms with E-state index in [1.807, 2.05) is 31.6 Å². The Bertz CT molecular complexity index is 287. The molecule has 0 saturated heterocycles. The van der Waals surface area contributed by atoms with Crippen molar-refractivity contribution in [2.75, 3.05) is 7.05 Å². The van der Waals surface area contributed by atoms with Gasteiger partial charge >= 0.3 is 0 Å². The molecule has 0 aliphatic carbocycles. The SMILES string of the molecule is C#CCCC(Cc1ccncc1)NC. The van der Waals surface area contributed by atoms with Crippen molar-refractivity contribution < 1.29 is 0 Å². The number of nitrogens with one attached hydrogen (secondary N) is 1. The average Bonchev–Trinajstić information content (AvgIpc) is 2.25. The van der Waals surface area contributed by atoms with Gasteiger partial charge in [-0.1, -0.05) is 0 Å². The predicted molar refractivity (Wildman–Crippen MR) is 58.9 cm³/mol. The van der Waals surface area contributed by atoms with E-state index in [1.165, 1.54) is 5.56 Å². The van der Waals surface area contributed by atoms with Crippen LogP contribution in [0.15, 0.2) is 24.5 Å². The molecular weight excluding hydrogens is 172 g/mol. The predicted octanol–water partition coefficient (Wildman–Crippen LogP) is 1.63. The Hall–Kier alpha value is -1.33. The molecular formula is C12H16N2. The van der Waals surface area contributed by atoms with E-state index in [2.05, 4.69) is 16.2 Å². The fourth-order valence-corrected chi connectivity index (χ4v) is 1.41. The Morgan fingerprint density at radius 1 is 1.50 bits per heavy atom. The molecule has 1 rings (SSSR count). The van der Waals surface area contributed by atoms with E-state index < -0.39 is 0 Å². The van der Waals surface area contributed by atoms with Gasteiger partial charge in [-0.25, -0.2) is 0 Å². The molecule has 1 aromatic rings. The van der Waals surface area contributed by atoms with E-state index >= 15 is 0 Å². The largest absolute Gasteiger partial charge is 0.317 e. The van der Waals surface area contributed by atoms with Gasteiger partial charge in [-0.05, 0) is 37.6 Å². The Morgan fingerprint density at radius 2 is 2.21 bits per heavy atom. The minimum absolute atomic E-state index is 0.466. The van der Waals surface area contributed by atoms with E-state index in [4.69, 9.17) is 6.42 Å². The van der Waals surface area contributed by atoms with Crippen molar-refractivity contribution in [1.29, 1.82) is 0 Å². The van der Waals surface area contributed by atoms with Crippen LogP contribution >= 0.6 is 0 Å². The second kappa shape index (κ2) is 6.17. The third-order valence-electron chi connectivity index (χ3n) is 2.28. The first kappa shape index (κ1) is 10.7. The van der Waals surface area contributed by atoms with Crippen LogP contribution in [0, 0.1) is 12.3 Å². The lowest BCUT2D eigenvalue weighted by atomic mass is 10.0. The molecule has 0 aliphatic heterocycles. The molecule has 1 N–H and O–H groups in total. The Labute approximate surface area is 85.8 Å². The van der Waals surface area contributed by atoms with Crippen LogP contribution < -0.4 is 5.32 Å². The number of nitrogens with zero attached hydrogens (tertiary/aromatic N) is 1. The molecule has 0 bridgehead atoms. The highest BCUT2D eigenvalue weighted by atomic mass is 14.9. The molecule has 0 amide bonds. The number of hydrogen-bond donors (Lipinski definition) is 1. The van der Waals surface area contributed by atoms with Gasteiger partial charge in [0.15, 0.2) is 0 Å². The van der Waals surface area contributed by atoms with Gasteiger partial charge < -0.3 is 5.32 Å². The number of terminal acetylenes is 1. The zero-order chi connectivity index (χ0) is 10.2. The Morgan fingerprint density at radius 3 is 2.79 bits per heavy atom. The molecule has 0 saturated carbocycles. The number of hydrogen-bond acceptors (Lipinski definition) is 2. The highest BCUT2D eigenvalue weighted by molar-refractivity contribution is 5.11. The highest BCUT2D eigenvalue weighted by Crippen LogP contribution is 2.05. The summed E-state index contributed by atoms with van der Waals surface area (Å²) in [5, 5.41) is 3.27. The quantitative estimate of drug-likeness (QED) is 0.710. The Kier molecular flexibility index (Phi) is 4.74. The number of pyridine rings is 1. The number of aromatic nitrogens is 1. The smallest absolute Gasteiger partial charge is 0.0270 e. The van der Waals surface area contributed by atoms with Gasteiger partial charge in [0, 0.05) is 24.9 Å². The first-order valence-corrected chi connectivity index (χ1v) is 4.86. The fourth-order valence-electron chi connectivity index (χ4n) is 1.41. The van der Waals surface area contributed by atoms with Gasteiger partial charge in [0.1, 0.15) is 0 Å². The van der Waals surface area contributed by atoms with E-state index in [0.717, 1.165) is 19.3 Å². The second-order valence-electron chi connectivity index (χ2n) is 3.29. The molecule has 1 atom stereocenters. The van der Waals surface area contributed by atoms with Gasteiger partial charge in [-0.15, -0.1) is 12.3 Å². The summed E-state index contributed by atoms with van der Waals surface area (Å²) in [4.78, 5) is 3.99. The molecule has 0 aliphatic rings. The third-order valence-corrected chi connectivity index (χ3v) is 2.28. The Balaban J connectivity index is 2.45. The summed E-state index contributed by atoms with van der Waals surface area (Å²) in [6.07, 6.45) is 11.8. The standard InChI is InChI=1S/C12H16N2/c1-3-4-5-12(13-2)10-11-6-8-14-9-7-11/h1,6-9,12-13H,4-5,10H2,2H3. The first-order valence-electron chi connectivity index (χ1n) is 4.86. The minimum Gasteiger partial charge on any atom is -0.317 e. The van der Waals surface area contributed by atoms with Gasteiger partial charge in [-0.3, -0.25) is 4.98 Å². The fraction of sp³-hybridized carbons (Fsp3) is 0.417.